The monoisotopic (exact) mass is 273 g/mol. The van der Waals surface area contributed by atoms with Crippen molar-refractivity contribution in [1.82, 2.24) is 20.1 Å². The molecule has 6 nitrogen and oxygen atoms in total. The number of aromatic nitrogens is 3. The van der Waals surface area contributed by atoms with Crippen molar-refractivity contribution in [3.63, 3.8) is 0 Å². The van der Waals surface area contributed by atoms with Gasteiger partial charge in [-0.2, -0.15) is 5.10 Å². The summed E-state index contributed by atoms with van der Waals surface area (Å²) in [5.74, 6) is 0.0207. The summed E-state index contributed by atoms with van der Waals surface area (Å²) in [5.41, 5.74) is 2.48. The fourth-order valence-corrected chi connectivity index (χ4v) is 2.68. The Bertz CT molecular complexity index is 642. The van der Waals surface area contributed by atoms with Crippen LogP contribution < -0.4 is 10.6 Å². The Hall–Kier alpha value is -1.95. The van der Waals surface area contributed by atoms with E-state index in [1.807, 2.05) is 20.0 Å². The zero-order valence-corrected chi connectivity index (χ0v) is 11.8. The van der Waals surface area contributed by atoms with Crippen LogP contribution >= 0.6 is 0 Å². The lowest BCUT2D eigenvalue weighted by molar-refractivity contribution is -0.118. The van der Waals surface area contributed by atoms with Crippen LogP contribution in [0.5, 0.6) is 0 Å². The minimum atomic E-state index is -0.0885. The average Bonchev–Trinajstić information content (AvgIpc) is 2.75. The number of hydrogen-bond donors (Lipinski definition) is 2. The third-order valence-corrected chi connectivity index (χ3v) is 3.76. The minimum Gasteiger partial charge on any atom is -0.323 e. The lowest BCUT2D eigenvalue weighted by Crippen LogP contribution is -2.43. The second-order valence-electron chi connectivity index (χ2n) is 5.30. The van der Waals surface area contributed by atoms with Gasteiger partial charge in [0.25, 0.3) is 0 Å². The fourth-order valence-electron chi connectivity index (χ4n) is 2.68. The topological polar surface area (TPSA) is 71.8 Å². The first-order chi connectivity index (χ1) is 9.65. The molecule has 1 fully saturated rings. The molecule has 20 heavy (non-hydrogen) atoms. The van der Waals surface area contributed by atoms with Crippen LogP contribution in [0.4, 0.5) is 5.69 Å². The molecular formula is C14H19N5O. The quantitative estimate of drug-likeness (QED) is 0.866. The number of rotatable bonds is 2. The van der Waals surface area contributed by atoms with Crippen LogP contribution in [0.15, 0.2) is 12.3 Å². The highest BCUT2D eigenvalue weighted by Crippen LogP contribution is 2.19. The largest absolute Gasteiger partial charge is 0.323 e. The van der Waals surface area contributed by atoms with Gasteiger partial charge in [-0.1, -0.05) is 6.42 Å². The zero-order chi connectivity index (χ0) is 14.1. The molecule has 0 bridgehead atoms. The van der Waals surface area contributed by atoms with E-state index in [1.54, 1.807) is 10.9 Å². The van der Waals surface area contributed by atoms with E-state index >= 15 is 0 Å². The van der Waals surface area contributed by atoms with Gasteiger partial charge >= 0.3 is 0 Å². The van der Waals surface area contributed by atoms with E-state index in [9.17, 15) is 4.79 Å². The molecule has 3 rings (SSSR count). The van der Waals surface area contributed by atoms with Crippen LogP contribution in [0.25, 0.3) is 11.0 Å². The Kier molecular flexibility index (Phi) is 3.40. The summed E-state index contributed by atoms with van der Waals surface area (Å²) in [7, 11) is 1.87. The van der Waals surface area contributed by atoms with Gasteiger partial charge in [-0.05, 0) is 32.4 Å². The summed E-state index contributed by atoms with van der Waals surface area (Å²) in [4.78, 5) is 16.5. The molecule has 1 atom stereocenters. The number of pyridine rings is 1. The zero-order valence-electron chi connectivity index (χ0n) is 11.8. The summed E-state index contributed by atoms with van der Waals surface area (Å²) in [5, 5.41) is 11.5. The van der Waals surface area contributed by atoms with E-state index in [1.165, 1.54) is 0 Å². The maximum atomic E-state index is 12.2. The van der Waals surface area contributed by atoms with Crippen LogP contribution in [0, 0.1) is 6.92 Å². The van der Waals surface area contributed by atoms with Gasteiger partial charge in [0.05, 0.1) is 23.6 Å². The predicted octanol–water partition coefficient (Wildman–Crippen LogP) is 1.36. The highest BCUT2D eigenvalue weighted by atomic mass is 16.2. The van der Waals surface area contributed by atoms with Crippen molar-refractivity contribution in [2.75, 3.05) is 11.9 Å². The Morgan fingerprint density at radius 3 is 3.10 bits per heavy atom. The molecule has 0 saturated carbocycles. The Morgan fingerprint density at radius 2 is 2.35 bits per heavy atom. The average molecular weight is 273 g/mol. The molecule has 1 amide bonds. The van der Waals surface area contributed by atoms with Crippen molar-refractivity contribution in [2.45, 2.75) is 32.2 Å². The standard InChI is InChI=1S/C14H19N5O/c1-9-11-7-10(8-16-13(11)19(2)18-9)17-14(20)12-5-3-4-6-15-12/h7-8,12,15H,3-6H2,1-2H3,(H,17,20). The molecule has 3 heterocycles. The summed E-state index contributed by atoms with van der Waals surface area (Å²) in [6.07, 6.45) is 4.83. The van der Waals surface area contributed by atoms with Gasteiger partial charge < -0.3 is 10.6 Å². The molecule has 2 aromatic rings. The van der Waals surface area contributed by atoms with Gasteiger partial charge in [-0.3, -0.25) is 9.48 Å². The number of carbonyl (C=O) groups excluding carboxylic acids is 1. The molecule has 0 spiro atoms. The highest BCUT2D eigenvalue weighted by Gasteiger charge is 2.20. The predicted molar refractivity (Wildman–Crippen MR) is 77.5 cm³/mol. The second-order valence-corrected chi connectivity index (χ2v) is 5.30. The Labute approximate surface area is 117 Å². The van der Waals surface area contributed by atoms with Gasteiger partial charge in [0.1, 0.15) is 0 Å². The number of piperidine rings is 1. The van der Waals surface area contributed by atoms with Crippen molar-refractivity contribution in [3.05, 3.63) is 18.0 Å². The molecule has 0 aliphatic carbocycles. The summed E-state index contributed by atoms with van der Waals surface area (Å²) < 4.78 is 1.75. The molecule has 2 N–H and O–H groups in total. The first kappa shape index (κ1) is 13.1. The minimum absolute atomic E-state index is 0.0207. The van der Waals surface area contributed by atoms with Crippen LogP contribution in [0.3, 0.4) is 0 Å². The number of amides is 1. The van der Waals surface area contributed by atoms with Crippen molar-refractivity contribution in [1.29, 1.82) is 0 Å². The molecule has 1 aliphatic rings. The van der Waals surface area contributed by atoms with Gasteiger partial charge in [-0.25, -0.2) is 4.98 Å². The maximum absolute atomic E-state index is 12.2. The van der Waals surface area contributed by atoms with Crippen LogP contribution in [0.1, 0.15) is 25.0 Å². The number of anilines is 1. The van der Waals surface area contributed by atoms with E-state index in [2.05, 4.69) is 20.7 Å². The number of aryl methyl sites for hydroxylation is 2. The molecule has 1 aliphatic heterocycles. The molecule has 1 unspecified atom stereocenters. The second kappa shape index (κ2) is 5.20. The highest BCUT2D eigenvalue weighted by molar-refractivity contribution is 5.96. The Balaban J connectivity index is 1.80. The number of carbonyl (C=O) groups is 1. The normalized spacial score (nSPS) is 19.2. The smallest absolute Gasteiger partial charge is 0.241 e. The third kappa shape index (κ3) is 2.38. The lowest BCUT2D eigenvalue weighted by atomic mass is 10.0. The van der Waals surface area contributed by atoms with E-state index in [4.69, 9.17) is 0 Å². The van der Waals surface area contributed by atoms with Crippen LogP contribution in [-0.2, 0) is 11.8 Å². The van der Waals surface area contributed by atoms with E-state index in [0.717, 1.165) is 48.2 Å². The van der Waals surface area contributed by atoms with Crippen LogP contribution in [-0.4, -0.2) is 33.3 Å². The van der Waals surface area contributed by atoms with Gasteiger partial charge in [-0.15, -0.1) is 0 Å². The van der Waals surface area contributed by atoms with Gasteiger partial charge in [0, 0.05) is 12.4 Å². The summed E-state index contributed by atoms with van der Waals surface area (Å²) in [6, 6.07) is 1.85. The van der Waals surface area contributed by atoms with E-state index < -0.39 is 0 Å². The van der Waals surface area contributed by atoms with Crippen molar-refractivity contribution < 1.29 is 4.79 Å². The first-order valence-electron chi connectivity index (χ1n) is 6.99. The van der Waals surface area contributed by atoms with E-state index in [0.29, 0.717) is 0 Å². The van der Waals surface area contributed by atoms with Gasteiger partial charge in [0.2, 0.25) is 5.91 Å². The molecule has 106 valence electrons. The molecular weight excluding hydrogens is 254 g/mol. The molecule has 0 aromatic carbocycles. The number of hydrogen-bond acceptors (Lipinski definition) is 4. The van der Waals surface area contributed by atoms with Crippen molar-refractivity contribution >= 4 is 22.6 Å². The lowest BCUT2D eigenvalue weighted by Gasteiger charge is -2.22. The van der Waals surface area contributed by atoms with Crippen LogP contribution in [0.2, 0.25) is 0 Å². The number of fused-ring (bicyclic) bond motifs is 1. The number of nitrogens with one attached hydrogen (secondary N) is 2. The maximum Gasteiger partial charge on any atom is 0.241 e. The SMILES string of the molecule is Cc1nn(C)c2ncc(NC(=O)C3CCCCN3)cc12. The number of nitrogens with zero attached hydrogens (tertiary/aromatic N) is 3. The molecule has 0 radical (unpaired) electrons. The van der Waals surface area contributed by atoms with Crippen molar-refractivity contribution in [2.24, 2.45) is 7.05 Å². The summed E-state index contributed by atoms with van der Waals surface area (Å²) >= 11 is 0. The third-order valence-electron chi connectivity index (χ3n) is 3.76. The fraction of sp³-hybridized carbons (Fsp3) is 0.500. The molecule has 2 aromatic heterocycles. The molecule has 1 saturated heterocycles. The van der Waals surface area contributed by atoms with E-state index in [-0.39, 0.29) is 11.9 Å². The summed E-state index contributed by atoms with van der Waals surface area (Å²) in [6.45, 7) is 2.86. The van der Waals surface area contributed by atoms with Crippen molar-refractivity contribution in [3.8, 4) is 0 Å². The van der Waals surface area contributed by atoms with Gasteiger partial charge in [0.15, 0.2) is 5.65 Å². The Morgan fingerprint density at radius 1 is 1.50 bits per heavy atom. The molecule has 6 heteroatoms. The first-order valence-corrected chi connectivity index (χ1v) is 6.99.